The number of hydrogen-bond donors (Lipinski definition) is 4. The number of rotatable bonds is 10. The summed E-state index contributed by atoms with van der Waals surface area (Å²) in [6.45, 7) is 4.43. The van der Waals surface area contributed by atoms with E-state index in [9.17, 15) is 15.0 Å². The Bertz CT molecular complexity index is 2020. The number of aliphatic hydroxyl groups is 2. The lowest BCUT2D eigenvalue weighted by Crippen LogP contribution is -2.63. The van der Waals surface area contributed by atoms with Crippen LogP contribution in [0.25, 0.3) is 0 Å². The van der Waals surface area contributed by atoms with Crippen LogP contribution < -0.4 is 10.6 Å². The Hall–Kier alpha value is -3.79. The highest BCUT2D eigenvalue weighted by Crippen LogP contribution is 2.67. The van der Waals surface area contributed by atoms with Gasteiger partial charge < -0.3 is 25.6 Å². The smallest absolute Gasteiger partial charge is 0.238 e. The first-order chi connectivity index (χ1) is 26.9. The van der Waals surface area contributed by atoms with E-state index in [1.807, 2.05) is 66.7 Å². The normalized spacial score (nSPS) is 27.0. The van der Waals surface area contributed by atoms with Gasteiger partial charge in [-0.15, -0.1) is 0 Å². The van der Waals surface area contributed by atoms with Crippen LogP contribution in [-0.4, -0.2) is 58.1 Å². The molecule has 296 valence electrons. The van der Waals surface area contributed by atoms with Crippen LogP contribution in [0, 0.1) is 11.2 Å². The number of aliphatic hydroxyl groups excluding tert-OH is 2. The van der Waals surface area contributed by atoms with Crippen LogP contribution in [0.5, 0.6) is 0 Å². The average molecular weight is 801 g/mol. The third-order valence-electron chi connectivity index (χ3n) is 13.2. The quantitative estimate of drug-likeness (QED) is 0.119. The van der Waals surface area contributed by atoms with Gasteiger partial charge in [0, 0.05) is 35.3 Å². The maximum Gasteiger partial charge on any atom is 0.238 e. The van der Waals surface area contributed by atoms with E-state index in [0.29, 0.717) is 73.2 Å². The maximum absolute atomic E-state index is 17.1. The van der Waals surface area contributed by atoms with Crippen molar-refractivity contribution in [2.24, 2.45) is 5.41 Å². The lowest BCUT2D eigenvalue weighted by atomic mass is 9.53. The topological polar surface area (TPSA) is 102 Å². The first-order valence-corrected chi connectivity index (χ1v) is 20.6. The standard InChI is InChI=1S/C46H52Cl2FN3O4/c1-44(2)23-25-45(26-24-44)46(28-53,35-22-17-31(47)27-37(35)50-3)38(34-15-10-16-36(48)39(34)49)41(43(56)51-32-18-20-33(54)21-19-32)52(45)40(29-11-6-4-7-12-29)42(55)30-13-8-5-9-14-30/h4-17,22,27-28,32-33,38,40-42,50,54-55H,18-21,23-26H2,1-3H3,(H,51,56)/t32?,33?,38-,40+,41+,42-,46?/m0/s1. The largest absolute Gasteiger partial charge is 0.393 e. The molecule has 0 aromatic heterocycles. The first-order valence-electron chi connectivity index (χ1n) is 19.8. The summed E-state index contributed by atoms with van der Waals surface area (Å²) >= 11 is 13.3. The zero-order chi connectivity index (χ0) is 39.8. The van der Waals surface area contributed by atoms with Gasteiger partial charge in [0.15, 0.2) is 0 Å². The molecule has 0 radical (unpaired) electrons. The second-order valence-electron chi connectivity index (χ2n) is 16.8. The molecule has 7 rings (SSSR count). The number of halogens is 3. The molecular weight excluding hydrogens is 748 g/mol. The third kappa shape index (κ3) is 7.06. The van der Waals surface area contributed by atoms with Crippen LogP contribution >= 0.6 is 23.2 Å². The number of anilines is 1. The van der Waals surface area contributed by atoms with Crippen molar-refractivity contribution in [3.05, 3.63) is 135 Å². The zero-order valence-electron chi connectivity index (χ0n) is 32.2. The van der Waals surface area contributed by atoms with E-state index < -0.39 is 47.0 Å². The molecule has 2 saturated carbocycles. The Kier molecular flexibility index (Phi) is 11.7. The molecule has 3 aliphatic rings. The second-order valence-corrected chi connectivity index (χ2v) is 17.7. The molecule has 0 bridgehead atoms. The number of carbonyl (C=O) groups excluding carboxylic acids is 2. The molecule has 2 aliphatic carbocycles. The van der Waals surface area contributed by atoms with Gasteiger partial charge in [-0.2, -0.15) is 0 Å². The summed E-state index contributed by atoms with van der Waals surface area (Å²) in [6.07, 6.45) is 3.91. The van der Waals surface area contributed by atoms with Gasteiger partial charge >= 0.3 is 0 Å². The van der Waals surface area contributed by atoms with Crippen molar-refractivity contribution in [3.8, 4) is 0 Å². The van der Waals surface area contributed by atoms with Crippen LogP contribution in [0.4, 0.5) is 10.1 Å². The molecule has 1 saturated heterocycles. The zero-order valence-corrected chi connectivity index (χ0v) is 33.7. The molecule has 1 unspecified atom stereocenters. The summed E-state index contributed by atoms with van der Waals surface area (Å²) in [7, 11) is 1.76. The van der Waals surface area contributed by atoms with Crippen LogP contribution in [-0.2, 0) is 15.0 Å². The molecule has 4 N–H and O–H groups in total. The minimum atomic E-state index is -1.58. The van der Waals surface area contributed by atoms with Crippen molar-refractivity contribution >= 4 is 41.1 Å². The molecule has 1 amide bonds. The summed E-state index contributed by atoms with van der Waals surface area (Å²) in [6, 6.07) is 26.9. The van der Waals surface area contributed by atoms with Gasteiger partial charge in [0.1, 0.15) is 12.1 Å². The minimum Gasteiger partial charge on any atom is -0.393 e. The van der Waals surface area contributed by atoms with Crippen molar-refractivity contribution in [2.45, 2.75) is 112 Å². The number of carbonyl (C=O) groups is 2. The highest BCUT2D eigenvalue weighted by molar-refractivity contribution is 6.31. The van der Waals surface area contributed by atoms with Gasteiger partial charge in [-0.3, -0.25) is 9.69 Å². The number of hydrogen-bond acceptors (Lipinski definition) is 6. The minimum absolute atomic E-state index is 0.0995. The van der Waals surface area contributed by atoms with Gasteiger partial charge in [0.05, 0.1) is 34.7 Å². The van der Waals surface area contributed by atoms with Crippen molar-refractivity contribution in [2.75, 3.05) is 12.4 Å². The Balaban J connectivity index is 1.61. The van der Waals surface area contributed by atoms with Gasteiger partial charge in [0.2, 0.25) is 5.91 Å². The van der Waals surface area contributed by atoms with Gasteiger partial charge in [0.25, 0.3) is 0 Å². The maximum atomic E-state index is 17.1. The summed E-state index contributed by atoms with van der Waals surface area (Å²) in [5.74, 6) is -2.18. The van der Waals surface area contributed by atoms with E-state index in [4.69, 9.17) is 23.2 Å². The Labute approximate surface area is 339 Å². The van der Waals surface area contributed by atoms with Gasteiger partial charge in [-0.25, -0.2) is 4.39 Å². The number of nitrogens with zero attached hydrogens (tertiary/aromatic N) is 1. The summed E-state index contributed by atoms with van der Waals surface area (Å²) < 4.78 is 17.1. The molecule has 1 spiro atoms. The Morgan fingerprint density at radius 2 is 1.50 bits per heavy atom. The number of benzene rings is 4. The summed E-state index contributed by atoms with van der Waals surface area (Å²) in [5, 5.41) is 30.2. The number of likely N-dealkylation sites (tertiary alicyclic amines) is 1. The monoisotopic (exact) mass is 799 g/mol. The number of aldehydes is 1. The predicted octanol–water partition coefficient (Wildman–Crippen LogP) is 9.31. The van der Waals surface area contributed by atoms with Crippen molar-refractivity contribution < 1.29 is 24.2 Å². The summed E-state index contributed by atoms with van der Waals surface area (Å²) in [4.78, 5) is 32.8. The molecular formula is C46H52Cl2FN3O4. The first kappa shape index (κ1) is 40.4. The van der Waals surface area contributed by atoms with E-state index in [-0.39, 0.29) is 28.0 Å². The van der Waals surface area contributed by atoms with Gasteiger partial charge in [-0.1, -0.05) is 116 Å². The predicted molar refractivity (Wildman–Crippen MR) is 220 cm³/mol. The highest BCUT2D eigenvalue weighted by atomic mass is 35.5. The van der Waals surface area contributed by atoms with Crippen LogP contribution in [0.15, 0.2) is 97.1 Å². The molecule has 3 fully saturated rings. The number of amides is 1. The van der Waals surface area contributed by atoms with Crippen molar-refractivity contribution in [1.29, 1.82) is 0 Å². The molecule has 4 aromatic carbocycles. The van der Waals surface area contributed by atoms with E-state index in [1.54, 1.807) is 31.3 Å². The van der Waals surface area contributed by atoms with Crippen LogP contribution in [0.1, 0.15) is 106 Å². The molecule has 1 aliphatic heterocycles. The lowest BCUT2D eigenvalue weighted by Gasteiger charge is -2.56. The van der Waals surface area contributed by atoms with E-state index >= 15 is 9.18 Å². The Morgan fingerprint density at radius 3 is 2.11 bits per heavy atom. The van der Waals surface area contributed by atoms with Gasteiger partial charge in [-0.05, 0) is 97.2 Å². The fourth-order valence-electron chi connectivity index (χ4n) is 10.3. The SMILES string of the molecule is CNc1cc(Cl)ccc1C1(C=O)[C@@H](c2cccc(Cl)c2F)[C@H](C(=O)NC2CCC(O)CC2)N([C@H](c2ccccc2)[C@@H](O)c2ccccc2)C12CCC(C)(C)CC2. The van der Waals surface area contributed by atoms with Crippen LogP contribution in [0.2, 0.25) is 10.0 Å². The van der Waals surface area contributed by atoms with E-state index in [1.165, 1.54) is 6.07 Å². The fraction of sp³-hybridized carbons (Fsp3) is 0.435. The Morgan fingerprint density at radius 1 is 0.875 bits per heavy atom. The molecule has 56 heavy (non-hydrogen) atoms. The molecule has 5 atom stereocenters. The second kappa shape index (κ2) is 16.2. The van der Waals surface area contributed by atoms with Crippen molar-refractivity contribution in [3.63, 3.8) is 0 Å². The van der Waals surface area contributed by atoms with E-state index in [2.05, 4.69) is 29.4 Å². The lowest BCUT2D eigenvalue weighted by molar-refractivity contribution is -0.135. The molecule has 10 heteroatoms. The fourth-order valence-corrected chi connectivity index (χ4v) is 10.7. The molecule has 4 aromatic rings. The molecule has 1 heterocycles. The third-order valence-corrected chi connectivity index (χ3v) is 13.7. The number of nitrogens with one attached hydrogen (secondary N) is 2. The highest BCUT2D eigenvalue weighted by Gasteiger charge is 2.73. The molecule has 7 nitrogen and oxygen atoms in total. The van der Waals surface area contributed by atoms with E-state index in [0.717, 1.165) is 11.8 Å². The average Bonchev–Trinajstić information content (AvgIpc) is 3.44. The van der Waals surface area contributed by atoms with Crippen LogP contribution in [0.3, 0.4) is 0 Å². The van der Waals surface area contributed by atoms with Crippen molar-refractivity contribution in [1.82, 2.24) is 10.2 Å². The summed E-state index contributed by atoms with van der Waals surface area (Å²) in [5.41, 5.74) is -0.107.